The largest absolute Gasteiger partial charge is 0.406 e. The van der Waals surface area contributed by atoms with Crippen molar-refractivity contribution < 1.29 is 4.42 Å². The highest BCUT2D eigenvalue weighted by Crippen LogP contribution is 2.27. The monoisotopic (exact) mass is 299 g/mol. The minimum Gasteiger partial charge on any atom is -0.406 e. The van der Waals surface area contributed by atoms with Gasteiger partial charge in [0.25, 0.3) is 0 Å². The first-order chi connectivity index (χ1) is 8.99. The molecule has 0 bridgehead atoms. The molecule has 0 saturated carbocycles. The van der Waals surface area contributed by atoms with Crippen molar-refractivity contribution in [2.45, 2.75) is 25.3 Å². The van der Waals surface area contributed by atoms with E-state index in [4.69, 9.17) is 27.6 Å². The fourth-order valence-corrected chi connectivity index (χ4v) is 1.97. The van der Waals surface area contributed by atoms with Crippen LogP contribution in [0.1, 0.15) is 36.7 Å². The first-order valence-corrected chi connectivity index (χ1v) is 6.76. The van der Waals surface area contributed by atoms with E-state index in [1.54, 1.807) is 6.92 Å². The number of hydrogen-bond donors (Lipinski definition) is 0. The van der Waals surface area contributed by atoms with Gasteiger partial charge in [-0.3, -0.25) is 0 Å². The second-order valence-corrected chi connectivity index (χ2v) is 5.47. The third kappa shape index (κ3) is 3.19. The Kier molecular flexibility index (Phi) is 4.32. The molecule has 0 saturated heterocycles. The first-order valence-electron chi connectivity index (χ1n) is 5.95. The number of hydrogen-bond acceptors (Lipinski definition) is 4. The van der Waals surface area contributed by atoms with E-state index >= 15 is 0 Å². The molecule has 2 atom stereocenters. The number of benzene rings is 1. The van der Waals surface area contributed by atoms with E-state index in [1.165, 1.54) is 0 Å². The Balaban J connectivity index is 2.20. The Morgan fingerprint density at radius 2 is 2.00 bits per heavy atom. The number of anilines is 1. The van der Waals surface area contributed by atoms with Crippen molar-refractivity contribution in [3.8, 4) is 0 Å². The van der Waals surface area contributed by atoms with Crippen LogP contribution in [0.25, 0.3) is 0 Å². The molecule has 0 aliphatic rings. The fourth-order valence-electron chi connectivity index (χ4n) is 1.69. The number of nitrogens with zero attached hydrogens (tertiary/aromatic N) is 3. The summed E-state index contributed by atoms with van der Waals surface area (Å²) >= 11 is 11.9. The molecule has 0 aliphatic carbocycles. The summed E-state index contributed by atoms with van der Waals surface area (Å²) < 4.78 is 5.52. The summed E-state index contributed by atoms with van der Waals surface area (Å²) in [7, 11) is 1.89. The van der Waals surface area contributed by atoms with Gasteiger partial charge in [-0.25, -0.2) is 0 Å². The molecule has 4 nitrogen and oxygen atoms in total. The Morgan fingerprint density at radius 1 is 1.26 bits per heavy atom. The number of halogens is 2. The zero-order valence-corrected chi connectivity index (χ0v) is 12.5. The van der Waals surface area contributed by atoms with E-state index in [9.17, 15) is 0 Å². The lowest BCUT2D eigenvalue weighted by Gasteiger charge is -2.23. The average Bonchev–Trinajstić information content (AvgIpc) is 2.86. The van der Waals surface area contributed by atoms with Crippen LogP contribution in [0.15, 0.2) is 28.7 Å². The molecule has 2 rings (SSSR count). The van der Waals surface area contributed by atoms with E-state index in [-0.39, 0.29) is 11.4 Å². The number of rotatable bonds is 4. The topological polar surface area (TPSA) is 42.2 Å². The third-order valence-electron chi connectivity index (χ3n) is 2.98. The van der Waals surface area contributed by atoms with Gasteiger partial charge >= 0.3 is 6.01 Å². The lowest BCUT2D eigenvalue weighted by atomic mass is 10.1. The van der Waals surface area contributed by atoms with Gasteiger partial charge in [-0.1, -0.05) is 28.8 Å². The fraction of sp³-hybridized carbons (Fsp3) is 0.385. The number of alkyl halides is 1. The van der Waals surface area contributed by atoms with E-state index in [0.717, 1.165) is 5.56 Å². The van der Waals surface area contributed by atoms with Crippen LogP contribution in [0.5, 0.6) is 0 Å². The van der Waals surface area contributed by atoms with Crippen molar-refractivity contribution in [3.05, 3.63) is 40.7 Å². The minimum atomic E-state index is -0.295. The quantitative estimate of drug-likeness (QED) is 0.793. The molecule has 0 radical (unpaired) electrons. The highest BCUT2D eigenvalue weighted by Gasteiger charge is 2.19. The van der Waals surface area contributed by atoms with Crippen LogP contribution in [-0.2, 0) is 0 Å². The lowest BCUT2D eigenvalue weighted by Crippen LogP contribution is -2.21. The molecule has 0 fully saturated rings. The van der Waals surface area contributed by atoms with E-state index < -0.39 is 0 Å². The van der Waals surface area contributed by atoms with E-state index in [1.807, 2.05) is 43.1 Å². The van der Waals surface area contributed by atoms with Crippen molar-refractivity contribution in [1.82, 2.24) is 10.2 Å². The van der Waals surface area contributed by atoms with Crippen LogP contribution in [0.4, 0.5) is 6.01 Å². The van der Waals surface area contributed by atoms with Gasteiger partial charge in [0.1, 0.15) is 5.38 Å². The molecule has 2 aromatic rings. The van der Waals surface area contributed by atoms with Crippen LogP contribution >= 0.6 is 23.2 Å². The third-order valence-corrected chi connectivity index (χ3v) is 3.41. The maximum absolute atomic E-state index is 6.00. The standard InChI is InChI=1S/C13H15Cl2N3O/c1-8(14)12-16-17-13(19-12)18(3)9(2)10-5-4-6-11(15)7-10/h4-9H,1-3H3. The van der Waals surface area contributed by atoms with Crippen molar-refractivity contribution >= 4 is 29.2 Å². The summed E-state index contributed by atoms with van der Waals surface area (Å²) in [5.74, 6) is 0.418. The van der Waals surface area contributed by atoms with Gasteiger partial charge in [0.2, 0.25) is 5.89 Å². The van der Waals surface area contributed by atoms with Gasteiger partial charge in [0, 0.05) is 12.1 Å². The predicted molar refractivity (Wildman–Crippen MR) is 76.8 cm³/mol. The molecular weight excluding hydrogens is 285 g/mol. The van der Waals surface area contributed by atoms with Gasteiger partial charge in [-0.15, -0.1) is 16.7 Å². The van der Waals surface area contributed by atoms with Crippen LogP contribution in [0.3, 0.4) is 0 Å². The Morgan fingerprint density at radius 3 is 2.58 bits per heavy atom. The molecule has 2 unspecified atom stereocenters. The van der Waals surface area contributed by atoms with Crippen LogP contribution < -0.4 is 4.90 Å². The summed E-state index contributed by atoms with van der Waals surface area (Å²) in [6, 6.07) is 8.20. The zero-order valence-electron chi connectivity index (χ0n) is 11.0. The summed E-state index contributed by atoms with van der Waals surface area (Å²) in [5, 5.41) is 8.32. The van der Waals surface area contributed by atoms with Crippen molar-refractivity contribution in [3.63, 3.8) is 0 Å². The van der Waals surface area contributed by atoms with E-state index in [2.05, 4.69) is 10.2 Å². The maximum Gasteiger partial charge on any atom is 0.318 e. The predicted octanol–water partition coefficient (Wildman–Crippen LogP) is 4.22. The van der Waals surface area contributed by atoms with Crippen molar-refractivity contribution in [1.29, 1.82) is 0 Å². The normalized spacial score (nSPS) is 14.2. The van der Waals surface area contributed by atoms with Crippen molar-refractivity contribution in [2.24, 2.45) is 0 Å². The highest BCUT2D eigenvalue weighted by atomic mass is 35.5. The van der Waals surface area contributed by atoms with Crippen LogP contribution in [-0.4, -0.2) is 17.2 Å². The van der Waals surface area contributed by atoms with Gasteiger partial charge in [0.15, 0.2) is 0 Å². The van der Waals surface area contributed by atoms with Gasteiger partial charge in [-0.05, 0) is 31.5 Å². The van der Waals surface area contributed by atoms with Crippen LogP contribution in [0.2, 0.25) is 5.02 Å². The highest BCUT2D eigenvalue weighted by molar-refractivity contribution is 6.30. The molecule has 1 heterocycles. The summed E-state index contributed by atoms with van der Waals surface area (Å²) in [6.07, 6.45) is 0. The average molecular weight is 300 g/mol. The molecule has 0 aliphatic heterocycles. The zero-order chi connectivity index (χ0) is 14.0. The molecule has 0 amide bonds. The molecule has 19 heavy (non-hydrogen) atoms. The first kappa shape index (κ1) is 14.2. The second-order valence-electron chi connectivity index (χ2n) is 4.38. The maximum atomic E-state index is 6.00. The van der Waals surface area contributed by atoms with Gasteiger partial charge < -0.3 is 9.32 Å². The minimum absolute atomic E-state index is 0.0673. The molecule has 1 aromatic carbocycles. The van der Waals surface area contributed by atoms with Gasteiger partial charge in [-0.2, -0.15) is 0 Å². The molecule has 0 spiro atoms. The molecule has 6 heteroatoms. The van der Waals surface area contributed by atoms with Gasteiger partial charge in [0.05, 0.1) is 6.04 Å². The molecule has 1 aromatic heterocycles. The molecular formula is C13H15Cl2N3O. The Bertz CT molecular complexity index is 556. The Hall–Kier alpha value is -1.26. The lowest BCUT2D eigenvalue weighted by molar-refractivity contribution is 0.479. The van der Waals surface area contributed by atoms with Crippen LogP contribution in [0, 0.1) is 0 Å². The molecule has 102 valence electrons. The SMILES string of the molecule is CC(Cl)c1nnc(N(C)C(C)c2cccc(Cl)c2)o1. The molecule has 0 N–H and O–H groups in total. The smallest absolute Gasteiger partial charge is 0.318 e. The Labute approximate surface area is 122 Å². The van der Waals surface area contributed by atoms with E-state index in [0.29, 0.717) is 16.9 Å². The summed E-state index contributed by atoms with van der Waals surface area (Å²) in [5.41, 5.74) is 1.08. The second kappa shape index (κ2) is 5.80. The number of aromatic nitrogens is 2. The summed E-state index contributed by atoms with van der Waals surface area (Å²) in [6.45, 7) is 3.83. The summed E-state index contributed by atoms with van der Waals surface area (Å²) in [4.78, 5) is 1.89. The van der Waals surface area contributed by atoms with Crippen molar-refractivity contribution in [2.75, 3.05) is 11.9 Å².